The van der Waals surface area contributed by atoms with Gasteiger partial charge in [0.05, 0.1) is 18.2 Å². The Morgan fingerprint density at radius 2 is 2.19 bits per heavy atom. The summed E-state index contributed by atoms with van der Waals surface area (Å²) in [5.41, 5.74) is 7.56. The van der Waals surface area contributed by atoms with Crippen LogP contribution in [0.4, 0.5) is 4.39 Å². The number of nitrogens with two attached hydrogens (primary N) is 1. The Labute approximate surface area is 95.6 Å². The lowest BCUT2D eigenvalue weighted by Gasteiger charge is -2.20. The van der Waals surface area contributed by atoms with E-state index in [1.807, 2.05) is 13.0 Å². The smallest absolute Gasteiger partial charge is 0.126 e. The van der Waals surface area contributed by atoms with Crippen LogP contribution in [0.5, 0.6) is 0 Å². The summed E-state index contributed by atoms with van der Waals surface area (Å²) in [6, 6.07) is 4.95. The summed E-state index contributed by atoms with van der Waals surface area (Å²) >= 11 is 0. The Morgan fingerprint density at radius 3 is 2.75 bits per heavy atom. The van der Waals surface area contributed by atoms with Crippen molar-refractivity contribution >= 4 is 0 Å². The molecule has 1 fully saturated rings. The molecule has 2 N–H and O–H groups in total. The van der Waals surface area contributed by atoms with E-state index in [0.29, 0.717) is 5.56 Å². The van der Waals surface area contributed by atoms with Crippen LogP contribution in [0.15, 0.2) is 18.2 Å². The Bertz CT molecular complexity index is 380. The quantitative estimate of drug-likeness (QED) is 0.836. The van der Waals surface area contributed by atoms with Crippen LogP contribution in [0.2, 0.25) is 0 Å². The highest BCUT2D eigenvalue weighted by atomic mass is 19.1. The van der Waals surface area contributed by atoms with E-state index in [-0.39, 0.29) is 24.1 Å². The third-order valence-corrected chi connectivity index (χ3v) is 3.25. The van der Waals surface area contributed by atoms with E-state index >= 15 is 0 Å². The maximum Gasteiger partial charge on any atom is 0.126 e. The molecule has 3 heteroatoms. The molecule has 1 aliphatic heterocycles. The van der Waals surface area contributed by atoms with Crippen molar-refractivity contribution in [1.29, 1.82) is 0 Å². The topological polar surface area (TPSA) is 35.2 Å². The fraction of sp³-hybridized carbons (Fsp3) is 0.538. The molecule has 0 bridgehead atoms. The first-order chi connectivity index (χ1) is 7.58. The molecule has 16 heavy (non-hydrogen) atoms. The van der Waals surface area contributed by atoms with E-state index in [9.17, 15) is 4.39 Å². The third kappa shape index (κ3) is 2.25. The number of hydrogen-bond donors (Lipinski definition) is 1. The largest absolute Gasteiger partial charge is 0.373 e. The van der Waals surface area contributed by atoms with Crippen LogP contribution in [0.1, 0.15) is 36.9 Å². The number of benzene rings is 1. The zero-order valence-electron chi connectivity index (χ0n) is 9.74. The van der Waals surface area contributed by atoms with Crippen LogP contribution in [-0.4, -0.2) is 12.2 Å². The van der Waals surface area contributed by atoms with E-state index < -0.39 is 0 Å². The zero-order chi connectivity index (χ0) is 11.7. The van der Waals surface area contributed by atoms with Gasteiger partial charge >= 0.3 is 0 Å². The molecule has 0 spiro atoms. The van der Waals surface area contributed by atoms with Crippen LogP contribution >= 0.6 is 0 Å². The Balaban J connectivity index is 2.14. The minimum absolute atomic E-state index is 0.0251. The van der Waals surface area contributed by atoms with Gasteiger partial charge in [-0.3, -0.25) is 0 Å². The second kappa shape index (κ2) is 4.52. The fourth-order valence-corrected chi connectivity index (χ4v) is 2.13. The Hall–Kier alpha value is -0.930. The van der Waals surface area contributed by atoms with Crippen molar-refractivity contribution in [3.63, 3.8) is 0 Å². The summed E-state index contributed by atoms with van der Waals surface area (Å²) in [7, 11) is 0. The first kappa shape index (κ1) is 11.6. The molecule has 0 radical (unpaired) electrons. The normalized spacial score (nSPS) is 27.0. The molecule has 0 saturated carbocycles. The number of halogens is 1. The van der Waals surface area contributed by atoms with Gasteiger partial charge in [-0.25, -0.2) is 4.39 Å². The molecule has 2 rings (SSSR count). The second-order valence-corrected chi connectivity index (χ2v) is 4.60. The van der Waals surface area contributed by atoms with E-state index in [1.165, 1.54) is 6.07 Å². The van der Waals surface area contributed by atoms with E-state index in [1.54, 1.807) is 13.0 Å². The van der Waals surface area contributed by atoms with E-state index in [0.717, 1.165) is 18.4 Å². The highest BCUT2D eigenvalue weighted by Gasteiger charge is 2.28. The SMILES string of the molecule is Cc1ccc(C(N)C2CCC(C)O2)cc1F. The fourth-order valence-electron chi connectivity index (χ4n) is 2.13. The van der Waals surface area contributed by atoms with Crippen molar-refractivity contribution in [3.05, 3.63) is 35.1 Å². The molecule has 88 valence electrons. The van der Waals surface area contributed by atoms with Crippen molar-refractivity contribution < 1.29 is 9.13 Å². The van der Waals surface area contributed by atoms with Crippen molar-refractivity contribution in [2.75, 3.05) is 0 Å². The van der Waals surface area contributed by atoms with Crippen LogP contribution in [-0.2, 0) is 4.74 Å². The van der Waals surface area contributed by atoms with Crippen LogP contribution in [0.25, 0.3) is 0 Å². The molecule has 3 atom stereocenters. The molecule has 1 saturated heterocycles. The standard InChI is InChI=1S/C13H18FNO/c1-8-3-5-10(7-11(8)14)13(15)12-6-4-9(2)16-12/h3,5,7,9,12-13H,4,6,15H2,1-2H3. The summed E-state index contributed by atoms with van der Waals surface area (Å²) in [4.78, 5) is 0. The summed E-state index contributed by atoms with van der Waals surface area (Å²) < 4.78 is 19.1. The van der Waals surface area contributed by atoms with Gasteiger partial charge in [0, 0.05) is 0 Å². The van der Waals surface area contributed by atoms with E-state index in [4.69, 9.17) is 10.5 Å². The molecule has 0 aromatic heterocycles. The monoisotopic (exact) mass is 223 g/mol. The van der Waals surface area contributed by atoms with E-state index in [2.05, 4.69) is 0 Å². The lowest BCUT2D eigenvalue weighted by Crippen LogP contribution is -2.26. The van der Waals surface area contributed by atoms with Gasteiger partial charge in [0.25, 0.3) is 0 Å². The van der Waals surface area contributed by atoms with Gasteiger partial charge in [-0.2, -0.15) is 0 Å². The van der Waals surface area contributed by atoms with Gasteiger partial charge < -0.3 is 10.5 Å². The predicted octanol–water partition coefficient (Wildman–Crippen LogP) is 2.70. The molecule has 0 amide bonds. The average molecular weight is 223 g/mol. The van der Waals surface area contributed by atoms with Crippen LogP contribution in [0, 0.1) is 12.7 Å². The van der Waals surface area contributed by atoms with Crippen LogP contribution < -0.4 is 5.73 Å². The third-order valence-electron chi connectivity index (χ3n) is 3.25. The van der Waals surface area contributed by atoms with Gasteiger partial charge in [-0.05, 0) is 43.9 Å². The molecule has 1 aromatic carbocycles. The number of ether oxygens (including phenoxy) is 1. The van der Waals surface area contributed by atoms with Crippen molar-refractivity contribution in [2.45, 2.75) is 44.9 Å². The van der Waals surface area contributed by atoms with Gasteiger partial charge in [0.1, 0.15) is 5.82 Å². The molecule has 3 unspecified atom stereocenters. The summed E-state index contributed by atoms with van der Waals surface area (Å²) in [6.45, 7) is 3.79. The maximum absolute atomic E-state index is 13.4. The predicted molar refractivity (Wildman–Crippen MR) is 61.6 cm³/mol. The number of hydrogen-bond acceptors (Lipinski definition) is 2. The summed E-state index contributed by atoms with van der Waals surface area (Å²) in [5, 5.41) is 0. The number of aryl methyl sites for hydroxylation is 1. The van der Waals surface area contributed by atoms with Gasteiger partial charge in [0.15, 0.2) is 0 Å². The highest BCUT2D eigenvalue weighted by molar-refractivity contribution is 5.26. The maximum atomic E-state index is 13.4. The number of rotatable bonds is 2. The Kier molecular flexibility index (Phi) is 3.26. The average Bonchev–Trinajstić information content (AvgIpc) is 2.68. The first-order valence-corrected chi connectivity index (χ1v) is 5.75. The van der Waals surface area contributed by atoms with Crippen molar-refractivity contribution in [2.24, 2.45) is 5.73 Å². The van der Waals surface area contributed by atoms with Crippen molar-refractivity contribution in [1.82, 2.24) is 0 Å². The lowest BCUT2D eigenvalue weighted by atomic mass is 9.99. The molecule has 2 nitrogen and oxygen atoms in total. The first-order valence-electron chi connectivity index (χ1n) is 5.75. The summed E-state index contributed by atoms with van der Waals surface area (Å²) in [6.07, 6.45) is 2.29. The molecule has 0 aliphatic carbocycles. The highest BCUT2D eigenvalue weighted by Crippen LogP contribution is 2.29. The van der Waals surface area contributed by atoms with Crippen molar-refractivity contribution in [3.8, 4) is 0 Å². The van der Waals surface area contributed by atoms with Gasteiger partial charge in [-0.1, -0.05) is 12.1 Å². The zero-order valence-corrected chi connectivity index (χ0v) is 9.74. The summed E-state index contributed by atoms with van der Waals surface area (Å²) in [5.74, 6) is -0.195. The second-order valence-electron chi connectivity index (χ2n) is 4.60. The molecule has 1 heterocycles. The molecular weight excluding hydrogens is 205 g/mol. The van der Waals surface area contributed by atoms with Gasteiger partial charge in [0.2, 0.25) is 0 Å². The lowest BCUT2D eigenvalue weighted by molar-refractivity contribution is 0.0401. The minimum atomic E-state index is -0.222. The Morgan fingerprint density at radius 1 is 1.44 bits per heavy atom. The molecular formula is C13H18FNO. The minimum Gasteiger partial charge on any atom is -0.373 e. The molecule has 1 aromatic rings. The molecule has 1 aliphatic rings. The van der Waals surface area contributed by atoms with Gasteiger partial charge in [-0.15, -0.1) is 0 Å². The van der Waals surface area contributed by atoms with Crippen LogP contribution in [0.3, 0.4) is 0 Å².